The first kappa shape index (κ1) is 16.8. The number of hydrogen-bond donors (Lipinski definition) is 1. The van der Waals surface area contributed by atoms with Gasteiger partial charge in [0.1, 0.15) is 17.5 Å². The summed E-state index contributed by atoms with van der Waals surface area (Å²) < 4.78 is 2.01. The van der Waals surface area contributed by atoms with Gasteiger partial charge in [-0.1, -0.05) is 0 Å². The Labute approximate surface area is 142 Å². The Morgan fingerprint density at radius 1 is 1.33 bits per heavy atom. The molecule has 7 nitrogen and oxygen atoms in total. The van der Waals surface area contributed by atoms with Gasteiger partial charge >= 0.3 is 0 Å². The fraction of sp³-hybridized carbons (Fsp3) is 0.647. The van der Waals surface area contributed by atoms with Crippen LogP contribution in [0.2, 0.25) is 0 Å². The van der Waals surface area contributed by atoms with E-state index in [1.54, 1.807) is 0 Å². The maximum absolute atomic E-state index is 11.7. The molecule has 3 rings (SSSR count). The zero-order chi connectivity index (χ0) is 17.3. The Morgan fingerprint density at radius 3 is 2.79 bits per heavy atom. The maximum Gasteiger partial charge on any atom is 0.251 e. The molecule has 1 fully saturated rings. The molecular weight excluding hydrogens is 304 g/mol. The number of aromatic nitrogens is 5. The smallest absolute Gasteiger partial charge is 0.251 e. The average molecular weight is 330 g/mol. The van der Waals surface area contributed by atoms with Gasteiger partial charge in [0, 0.05) is 24.8 Å². The molecule has 1 aliphatic rings. The number of likely N-dealkylation sites (tertiary alicyclic amines) is 1. The normalized spacial score (nSPS) is 20.2. The third-order valence-corrected chi connectivity index (χ3v) is 4.78. The van der Waals surface area contributed by atoms with E-state index in [-0.39, 0.29) is 11.6 Å². The zero-order valence-corrected chi connectivity index (χ0v) is 14.9. The average Bonchev–Trinajstić information content (AvgIpc) is 2.83. The van der Waals surface area contributed by atoms with E-state index in [1.165, 1.54) is 12.5 Å². The minimum absolute atomic E-state index is 0.0772. The highest BCUT2D eigenvalue weighted by Crippen LogP contribution is 2.25. The molecule has 1 aliphatic heterocycles. The molecular formula is C17H26N6O. The molecule has 0 amide bonds. The molecule has 0 radical (unpaired) electrons. The SMILES string of the molecule is Cc1cc(=O)[nH]c([C@@H](C)N2CCC[C@@H](Cn3nc(C)nc3C)C2)n1. The van der Waals surface area contributed by atoms with Gasteiger partial charge in [0.05, 0.1) is 6.04 Å². The van der Waals surface area contributed by atoms with Gasteiger partial charge in [0.2, 0.25) is 0 Å². The Kier molecular flexibility index (Phi) is 4.80. The highest BCUT2D eigenvalue weighted by molar-refractivity contribution is 5.03. The van der Waals surface area contributed by atoms with Crippen LogP contribution in [-0.2, 0) is 6.54 Å². The number of piperidine rings is 1. The standard InChI is InChI=1S/C17H26N6O/c1-11-8-16(24)20-17(18-11)12(2)22-7-5-6-15(9-22)10-23-14(4)19-13(3)21-23/h8,12,15H,5-7,9-10H2,1-4H3,(H,18,20,24)/t12-,15-/m1/s1. The van der Waals surface area contributed by atoms with E-state index in [0.717, 1.165) is 49.2 Å². The third kappa shape index (κ3) is 3.72. The minimum atomic E-state index is -0.0772. The first-order valence-corrected chi connectivity index (χ1v) is 8.62. The minimum Gasteiger partial charge on any atom is -0.309 e. The lowest BCUT2D eigenvalue weighted by Gasteiger charge is -2.36. The van der Waals surface area contributed by atoms with Crippen molar-refractivity contribution in [3.8, 4) is 0 Å². The summed E-state index contributed by atoms with van der Waals surface area (Å²) in [6, 6.07) is 1.64. The van der Waals surface area contributed by atoms with Crippen molar-refractivity contribution in [2.45, 2.75) is 53.1 Å². The quantitative estimate of drug-likeness (QED) is 0.924. The molecule has 130 valence electrons. The molecule has 0 bridgehead atoms. The van der Waals surface area contributed by atoms with Crippen molar-refractivity contribution in [2.24, 2.45) is 5.92 Å². The van der Waals surface area contributed by atoms with Gasteiger partial charge in [-0.3, -0.25) is 9.69 Å². The molecule has 0 spiro atoms. The fourth-order valence-electron chi connectivity index (χ4n) is 3.55. The van der Waals surface area contributed by atoms with Crippen molar-refractivity contribution in [3.63, 3.8) is 0 Å². The van der Waals surface area contributed by atoms with Crippen LogP contribution in [0.25, 0.3) is 0 Å². The maximum atomic E-state index is 11.7. The summed E-state index contributed by atoms with van der Waals surface area (Å²) >= 11 is 0. The van der Waals surface area contributed by atoms with Crippen LogP contribution in [0.15, 0.2) is 10.9 Å². The number of nitrogens with one attached hydrogen (secondary N) is 1. The van der Waals surface area contributed by atoms with E-state index < -0.39 is 0 Å². The Hall–Kier alpha value is -2.02. The third-order valence-electron chi connectivity index (χ3n) is 4.78. The summed E-state index contributed by atoms with van der Waals surface area (Å²) in [4.78, 5) is 25.9. The number of H-pyrrole nitrogens is 1. The monoisotopic (exact) mass is 330 g/mol. The molecule has 1 N–H and O–H groups in total. The Morgan fingerprint density at radius 2 is 2.12 bits per heavy atom. The number of hydrogen-bond acceptors (Lipinski definition) is 5. The summed E-state index contributed by atoms with van der Waals surface area (Å²) in [6.07, 6.45) is 2.34. The summed E-state index contributed by atoms with van der Waals surface area (Å²) in [6.45, 7) is 10.8. The van der Waals surface area contributed by atoms with E-state index in [4.69, 9.17) is 0 Å². The van der Waals surface area contributed by atoms with Crippen LogP contribution >= 0.6 is 0 Å². The van der Waals surface area contributed by atoms with Crippen LogP contribution < -0.4 is 5.56 Å². The van der Waals surface area contributed by atoms with Gasteiger partial charge in [-0.25, -0.2) is 14.6 Å². The van der Waals surface area contributed by atoms with Crippen LogP contribution in [0, 0.1) is 26.7 Å². The summed E-state index contributed by atoms with van der Waals surface area (Å²) in [5, 5.41) is 4.48. The highest BCUT2D eigenvalue weighted by Gasteiger charge is 2.26. The van der Waals surface area contributed by atoms with Crippen LogP contribution in [0.1, 0.15) is 49.0 Å². The molecule has 2 atom stereocenters. The van der Waals surface area contributed by atoms with Crippen LogP contribution in [0.5, 0.6) is 0 Å². The lowest BCUT2D eigenvalue weighted by molar-refractivity contribution is 0.116. The van der Waals surface area contributed by atoms with Crippen molar-refractivity contribution in [3.05, 3.63) is 39.6 Å². The summed E-state index contributed by atoms with van der Waals surface area (Å²) in [5.74, 6) is 3.10. The second kappa shape index (κ2) is 6.84. The molecule has 7 heteroatoms. The molecule has 24 heavy (non-hydrogen) atoms. The van der Waals surface area contributed by atoms with Gasteiger partial charge in [0.15, 0.2) is 0 Å². The van der Waals surface area contributed by atoms with Crippen molar-refractivity contribution < 1.29 is 0 Å². The summed E-state index contributed by atoms with van der Waals surface area (Å²) in [5.41, 5.74) is 0.689. The van der Waals surface area contributed by atoms with E-state index in [0.29, 0.717) is 5.92 Å². The lowest BCUT2D eigenvalue weighted by Crippen LogP contribution is -2.39. The molecule has 2 aromatic rings. The second-order valence-electron chi connectivity index (χ2n) is 6.84. The van der Waals surface area contributed by atoms with Gasteiger partial charge < -0.3 is 4.98 Å². The van der Waals surface area contributed by atoms with Crippen molar-refractivity contribution in [1.82, 2.24) is 29.6 Å². The first-order valence-electron chi connectivity index (χ1n) is 8.62. The topological polar surface area (TPSA) is 79.7 Å². The second-order valence-corrected chi connectivity index (χ2v) is 6.84. The lowest BCUT2D eigenvalue weighted by atomic mass is 9.96. The van der Waals surface area contributed by atoms with E-state index in [2.05, 4.69) is 31.9 Å². The largest absolute Gasteiger partial charge is 0.309 e. The van der Waals surface area contributed by atoms with Crippen LogP contribution in [0.4, 0.5) is 0 Å². The van der Waals surface area contributed by atoms with Gasteiger partial charge in [-0.05, 0) is 53.0 Å². The van der Waals surface area contributed by atoms with Crippen LogP contribution in [0.3, 0.4) is 0 Å². The van der Waals surface area contributed by atoms with E-state index >= 15 is 0 Å². The highest BCUT2D eigenvalue weighted by atomic mass is 16.1. The molecule has 2 aromatic heterocycles. The number of aryl methyl sites for hydroxylation is 3. The Bertz CT molecular complexity index is 765. The molecule has 0 aromatic carbocycles. The van der Waals surface area contributed by atoms with E-state index in [1.807, 2.05) is 25.5 Å². The molecule has 3 heterocycles. The van der Waals surface area contributed by atoms with E-state index in [9.17, 15) is 4.79 Å². The fourth-order valence-corrected chi connectivity index (χ4v) is 3.55. The van der Waals surface area contributed by atoms with Gasteiger partial charge in [-0.2, -0.15) is 5.10 Å². The predicted octanol–water partition coefficient (Wildman–Crippen LogP) is 1.76. The molecule has 0 unspecified atom stereocenters. The van der Waals surface area contributed by atoms with Gasteiger partial charge in [0.25, 0.3) is 5.56 Å². The molecule has 0 aliphatic carbocycles. The molecule has 0 saturated carbocycles. The zero-order valence-electron chi connectivity index (χ0n) is 14.9. The number of aromatic amines is 1. The van der Waals surface area contributed by atoms with Crippen molar-refractivity contribution >= 4 is 0 Å². The summed E-state index contributed by atoms with van der Waals surface area (Å²) in [7, 11) is 0. The molecule has 1 saturated heterocycles. The first-order chi connectivity index (χ1) is 11.4. The number of nitrogens with zero attached hydrogens (tertiary/aromatic N) is 5. The van der Waals surface area contributed by atoms with Crippen LogP contribution in [-0.4, -0.2) is 42.7 Å². The number of rotatable bonds is 4. The Balaban J connectivity index is 1.70. The van der Waals surface area contributed by atoms with Crippen molar-refractivity contribution in [2.75, 3.05) is 13.1 Å². The van der Waals surface area contributed by atoms with Gasteiger partial charge in [-0.15, -0.1) is 0 Å². The van der Waals surface area contributed by atoms with Crippen molar-refractivity contribution in [1.29, 1.82) is 0 Å². The predicted molar refractivity (Wildman–Crippen MR) is 91.8 cm³/mol.